The molecular weight excluding hydrogens is 326 g/mol. The van der Waals surface area contributed by atoms with Crippen LogP contribution in [0.1, 0.15) is 5.01 Å². The van der Waals surface area contributed by atoms with Crippen LogP contribution in [0, 0.1) is 0 Å². The molecule has 1 N–H and O–H groups in total. The molecule has 1 aromatic carbocycles. The number of rotatable bonds is 4. The predicted octanol–water partition coefficient (Wildman–Crippen LogP) is 1.42. The summed E-state index contributed by atoms with van der Waals surface area (Å²) in [6.45, 7) is 0.214. The van der Waals surface area contributed by atoms with E-state index in [-0.39, 0.29) is 18.1 Å². The third kappa shape index (κ3) is 2.67. The molecule has 4 rings (SSSR count). The molecule has 0 bridgehead atoms. The normalized spacial score (nSPS) is 11.2. The number of hydrogen-bond donors (Lipinski definition) is 1. The van der Waals surface area contributed by atoms with Gasteiger partial charge in [0, 0.05) is 6.20 Å². The molecule has 24 heavy (non-hydrogen) atoms. The third-order valence-electron chi connectivity index (χ3n) is 3.56. The van der Waals surface area contributed by atoms with Gasteiger partial charge in [-0.25, -0.2) is 14.5 Å². The molecule has 7 nitrogen and oxygen atoms in total. The number of amides is 1. The van der Waals surface area contributed by atoms with E-state index in [1.165, 1.54) is 15.7 Å². The van der Waals surface area contributed by atoms with Crippen molar-refractivity contribution in [3.05, 3.63) is 64.2 Å². The minimum Gasteiger partial charge on any atom is -0.348 e. The Morgan fingerprint density at radius 3 is 2.83 bits per heavy atom. The number of carbonyl (C=O) groups excluding carboxylic acids is 1. The molecule has 0 spiro atoms. The Morgan fingerprint density at radius 2 is 2.00 bits per heavy atom. The van der Waals surface area contributed by atoms with Gasteiger partial charge in [-0.05, 0) is 24.3 Å². The molecule has 0 saturated carbocycles. The van der Waals surface area contributed by atoms with Gasteiger partial charge in [-0.3, -0.25) is 9.20 Å². The first-order chi connectivity index (χ1) is 11.7. The topological polar surface area (TPSA) is 81.3 Å². The average Bonchev–Trinajstić information content (AvgIpc) is 3.15. The van der Waals surface area contributed by atoms with Crippen molar-refractivity contribution in [2.45, 2.75) is 13.1 Å². The van der Waals surface area contributed by atoms with Gasteiger partial charge in [-0.15, -0.1) is 16.4 Å². The Hall–Kier alpha value is -3.00. The molecular formula is C16H13N5O2S. The fourth-order valence-corrected chi connectivity index (χ4v) is 3.34. The second kappa shape index (κ2) is 5.89. The van der Waals surface area contributed by atoms with E-state index in [1.807, 2.05) is 24.3 Å². The van der Waals surface area contributed by atoms with Crippen molar-refractivity contribution in [3.63, 3.8) is 0 Å². The molecule has 0 aliphatic carbocycles. The highest BCUT2D eigenvalue weighted by molar-refractivity contribution is 7.18. The van der Waals surface area contributed by atoms with Gasteiger partial charge in [-0.1, -0.05) is 18.2 Å². The molecule has 0 radical (unpaired) electrons. The van der Waals surface area contributed by atoms with Crippen LogP contribution in [0.5, 0.6) is 0 Å². The Labute approximate surface area is 140 Å². The lowest BCUT2D eigenvalue weighted by molar-refractivity contribution is -0.122. The van der Waals surface area contributed by atoms with Crippen LogP contribution in [-0.4, -0.2) is 25.1 Å². The van der Waals surface area contributed by atoms with Gasteiger partial charge in [0.05, 0.1) is 16.8 Å². The van der Waals surface area contributed by atoms with Crippen LogP contribution in [0.25, 0.3) is 15.9 Å². The standard InChI is InChI=1S/C16H13N5O2S/c22-14(10-21-16(23)20-8-4-3-7-13(20)19-21)17-9-15-18-11-5-1-2-6-12(11)24-15/h1-8H,9-10H2,(H,17,22). The zero-order valence-electron chi connectivity index (χ0n) is 12.5. The van der Waals surface area contributed by atoms with E-state index in [1.54, 1.807) is 24.4 Å². The molecule has 0 aliphatic heterocycles. The van der Waals surface area contributed by atoms with Gasteiger partial charge >= 0.3 is 5.69 Å². The van der Waals surface area contributed by atoms with Crippen LogP contribution >= 0.6 is 11.3 Å². The second-order valence-corrected chi connectivity index (χ2v) is 6.34. The molecule has 3 aromatic heterocycles. The molecule has 0 atom stereocenters. The van der Waals surface area contributed by atoms with Gasteiger partial charge in [-0.2, -0.15) is 0 Å². The van der Waals surface area contributed by atoms with Crippen molar-refractivity contribution < 1.29 is 4.79 Å². The van der Waals surface area contributed by atoms with Crippen LogP contribution < -0.4 is 11.0 Å². The van der Waals surface area contributed by atoms with Gasteiger partial charge < -0.3 is 5.32 Å². The SMILES string of the molecule is O=C(Cn1nc2ccccn2c1=O)NCc1nc2ccccc2s1. The largest absolute Gasteiger partial charge is 0.350 e. The molecule has 1 amide bonds. The van der Waals surface area contributed by atoms with Crippen LogP contribution in [0.15, 0.2) is 53.5 Å². The maximum atomic E-state index is 12.1. The van der Waals surface area contributed by atoms with E-state index in [2.05, 4.69) is 15.4 Å². The first-order valence-corrected chi connectivity index (χ1v) is 8.18. The van der Waals surface area contributed by atoms with Crippen LogP contribution in [-0.2, 0) is 17.9 Å². The summed E-state index contributed by atoms with van der Waals surface area (Å²) in [5.41, 5.74) is 1.10. The van der Waals surface area contributed by atoms with Gasteiger partial charge in [0.1, 0.15) is 11.6 Å². The minimum atomic E-state index is -0.333. The molecule has 0 fully saturated rings. The van der Waals surface area contributed by atoms with Crippen molar-refractivity contribution in [1.82, 2.24) is 24.5 Å². The zero-order valence-corrected chi connectivity index (χ0v) is 13.4. The van der Waals surface area contributed by atoms with E-state index in [0.29, 0.717) is 12.2 Å². The van der Waals surface area contributed by atoms with E-state index >= 15 is 0 Å². The van der Waals surface area contributed by atoms with Gasteiger partial charge in [0.15, 0.2) is 5.65 Å². The number of hydrogen-bond acceptors (Lipinski definition) is 5. The van der Waals surface area contributed by atoms with Crippen LogP contribution in [0.2, 0.25) is 0 Å². The number of para-hydroxylation sites is 1. The molecule has 4 aromatic rings. The Kier molecular flexibility index (Phi) is 3.58. The number of thiazole rings is 1. The number of carbonyl (C=O) groups is 1. The number of nitrogens with zero attached hydrogens (tertiary/aromatic N) is 4. The highest BCUT2D eigenvalue weighted by atomic mass is 32.1. The Balaban J connectivity index is 1.46. The second-order valence-electron chi connectivity index (χ2n) is 5.22. The molecule has 0 saturated heterocycles. The number of pyridine rings is 1. The van der Waals surface area contributed by atoms with Crippen molar-refractivity contribution in [2.24, 2.45) is 0 Å². The Morgan fingerprint density at radius 1 is 1.17 bits per heavy atom. The highest BCUT2D eigenvalue weighted by Gasteiger charge is 2.11. The molecule has 3 heterocycles. The lowest BCUT2D eigenvalue weighted by Gasteiger charge is -2.01. The predicted molar refractivity (Wildman–Crippen MR) is 90.9 cm³/mol. The zero-order chi connectivity index (χ0) is 16.5. The fourth-order valence-electron chi connectivity index (χ4n) is 2.43. The highest BCUT2D eigenvalue weighted by Crippen LogP contribution is 2.21. The van der Waals surface area contributed by atoms with Crippen molar-refractivity contribution in [1.29, 1.82) is 0 Å². The molecule has 8 heteroatoms. The lowest BCUT2D eigenvalue weighted by Crippen LogP contribution is -2.32. The summed E-state index contributed by atoms with van der Waals surface area (Å²) in [4.78, 5) is 28.7. The quantitative estimate of drug-likeness (QED) is 0.610. The minimum absolute atomic E-state index is 0.120. The van der Waals surface area contributed by atoms with E-state index in [9.17, 15) is 9.59 Å². The summed E-state index contributed by atoms with van der Waals surface area (Å²) in [6, 6.07) is 13.1. The number of benzene rings is 1. The molecule has 0 unspecified atom stereocenters. The molecule has 0 aliphatic rings. The third-order valence-corrected chi connectivity index (χ3v) is 4.59. The summed E-state index contributed by atoms with van der Waals surface area (Å²) in [5, 5.41) is 7.74. The van der Waals surface area contributed by atoms with Crippen molar-refractivity contribution in [2.75, 3.05) is 0 Å². The number of nitrogens with one attached hydrogen (secondary N) is 1. The summed E-state index contributed by atoms with van der Waals surface area (Å²) < 4.78 is 3.64. The first kappa shape index (κ1) is 14.6. The fraction of sp³-hybridized carbons (Fsp3) is 0.125. The Bertz CT molecular complexity index is 1060. The number of fused-ring (bicyclic) bond motifs is 2. The summed E-state index contributed by atoms with van der Waals surface area (Å²) in [6.07, 6.45) is 1.63. The summed E-state index contributed by atoms with van der Waals surface area (Å²) in [5.74, 6) is -0.278. The monoisotopic (exact) mass is 339 g/mol. The van der Waals surface area contributed by atoms with Gasteiger partial charge in [0.25, 0.3) is 0 Å². The lowest BCUT2D eigenvalue weighted by atomic mass is 10.3. The average molecular weight is 339 g/mol. The molecule has 120 valence electrons. The smallest absolute Gasteiger partial charge is 0.348 e. The van der Waals surface area contributed by atoms with Crippen molar-refractivity contribution >= 4 is 33.1 Å². The summed E-state index contributed by atoms with van der Waals surface area (Å²) in [7, 11) is 0. The van der Waals surface area contributed by atoms with E-state index < -0.39 is 0 Å². The van der Waals surface area contributed by atoms with Gasteiger partial charge in [0.2, 0.25) is 5.91 Å². The van der Waals surface area contributed by atoms with Crippen LogP contribution in [0.3, 0.4) is 0 Å². The maximum absolute atomic E-state index is 12.1. The van der Waals surface area contributed by atoms with E-state index in [0.717, 1.165) is 19.9 Å². The summed E-state index contributed by atoms with van der Waals surface area (Å²) >= 11 is 1.54. The number of aromatic nitrogens is 4. The van der Waals surface area contributed by atoms with E-state index in [4.69, 9.17) is 0 Å². The van der Waals surface area contributed by atoms with Crippen LogP contribution in [0.4, 0.5) is 0 Å². The van der Waals surface area contributed by atoms with Crippen molar-refractivity contribution in [3.8, 4) is 0 Å². The maximum Gasteiger partial charge on any atom is 0.350 e. The first-order valence-electron chi connectivity index (χ1n) is 7.36.